The van der Waals surface area contributed by atoms with Crippen LogP contribution in [0.15, 0.2) is 42.5 Å². The Morgan fingerprint density at radius 3 is 1.83 bits per heavy atom. The molecule has 23 heavy (non-hydrogen) atoms. The molecule has 2 aromatic rings. The van der Waals surface area contributed by atoms with Gasteiger partial charge in [-0.1, -0.05) is 63.2 Å². The molecular formula is C21H24O2. The van der Waals surface area contributed by atoms with Gasteiger partial charge in [0.05, 0.1) is 6.42 Å². The second kappa shape index (κ2) is 6.49. The zero-order valence-electron chi connectivity index (χ0n) is 14.6. The normalized spacial score (nSPS) is 11.3. The van der Waals surface area contributed by atoms with E-state index in [4.69, 9.17) is 0 Å². The van der Waals surface area contributed by atoms with E-state index in [1.165, 1.54) is 5.56 Å². The molecule has 0 spiro atoms. The maximum Gasteiger partial charge on any atom is 0.171 e. The largest absolute Gasteiger partial charge is 0.294 e. The van der Waals surface area contributed by atoms with Crippen LogP contribution in [0.5, 0.6) is 0 Å². The minimum Gasteiger partial charge on any atom is -0.294 e. The summed E-state index contributed by atoms with van der Waals surface area (Å²) in [7, 11) is 0. The van der Waals surface area contributed by atoms with Gasteiger partial charge < -0.3 is 0 Å². The predicted molar refractivity (Wildman–Crippen MR) is 94.3 cm³/mol. The van der Waals surface area contributed by atoms with Gasteiger partial charge in [0.1, 0.15) is 0 Å². The number of Topliss-reactive ketones (excluding diaryl/α,β-unsaturated/α-hetero) is 2. The van der Waals surface area contributed by atoms with Crippen molar-refractivity contribution in [1.29, 1.82) is 0 Å². The lowest BCUT2D eigenvalue weighted by molar-refractivity contribution is 0.0893. The minimum absolute atomic E-state index is 0.0512. The van der Waals surface area contributed by atoms with E-state index in [2.05, 4.69) is 20.8 Å². The first-order valence-corrected chi connectivity index (χ1v) is 7.93. The Bertz CT molecular complexity index is 711. The van der Waals surface area contributed by atoms with E-state index in [1.807, 2.05) is 56.3 Å². The number of carbonyl (C=O) groups is 2. The number of benzene rings is 2. The highest BCUT2D eigenvalue weighted by Crippen LogP contribution is 2.23. The highest BCUT2D eigenvalue weighted by atomic mass is 16.1. The number of hydrogen-bond donors (Lipinski definition) is 0. The van der Waals surface area contributed by atoms with Crippen molar-refractivity contribution in [3.05, 3.63) is 70.3 Å². The van der Waals surface area contributed by atoms with Gasteiger partial charge in [0.2, 0.25) is 0 Å². The second-order valence-corrected chi connectivity index (χ2v) is 7.12. The van der Waals surface area contributed by atoms with Crippen molar-refractivity contribution in [2.45, 2.75) is 46.5 Å². The Kier molecular flexibility index (Phi) is 4.84. The highest BCUT2D eigenvalue weighted by molar-refractivity contribution is 6.14. The number of carbonyl (C=O) groups excluding carboxylic acids is 2. The molecule has 0 N–H and O–H groups in total. The maximum absolute atomic E-state index is 12.5. The first kappa shape index (κ1) is 17.1. The molecule has 2 heteroatoms. The molecule has 0 unspecified atom stereocenters. The standard InChI is InChI=1S/C21H24O2/c1-14-7-6-8-15(2)20(14)19(23)13-18(22)16-9-11-17(12-10-16)21(3,4)5/h6-12H,13H2,1-5H3. The van der Waals surface area contributed by atoms with Gasteiger partial charge >= 0.3 is 0 Å². The minimum atomic E-state index is -0.127. The Labute approximate surface area is 138 Å². The first-order valence-electron chi connectivity index (χ1n) is 7.93. The lowest BCUT2D eigenvalue weighted by Gasteiger charge is -2.19. The molecule has 120 valence electrons. The van der Waals surface area contributed by atoms with Crippen LogP contribution in [-0.2, 0) is 5.41 Å². The van der Waals surface area contributed by atoms with Gasteiger partial charge in [-0.3, -0.25) is 9.59 Å². The summed E-state index contributed by atoms with van der Waals surface area (Å²) in [4.78, 5) is 24.9. The topological polar surface area (TPSA) is 34.1 Å². The van der Waals surface area contributed by atoms with Crippen LogP contribution in [0, 0.1) is 13.8 Å². The molecule has 0 heterocycles. The van der Waals surface area contributed by atoms with E-state index in [1.54, 1.807) is 0 Å². The average Bonchev–Trinajstić information content (AvgIpc) is 2.46. The predicted octanol–water partition coefficient (Wildman–Crippen LogP) is 5.06. The zero-order chi connectivity index (χ0) is 17.2. The molecule has 0 radical (unpaired) electrons. The fourth-order valence-corrected chi connectivity index (χ4v) is 2.75. The van der Waals surface area contributed by atoms with E-state index in [0.29, 0.717) is 11.1 Å². The lowest BCUT2D eigenvalue weighted by atomic mass is 9.86. The molecule has 0 aromatic heterocycles. The Morgan fingerprint density at radius 2 is 1.35 bits per heavy atom. The van der Waals surface area contributed by atoms with Crippen LogP contribution in [0.25, 0.3) is 0 Å². The van der Waals surface area contributed by atoms with Crippen molar-refractivity contribution < 1.29 is 9.59 Å². The van der Waals surface area contributed by atoms with Crippen LogP contribution in [0.1, 0.15) is 64.6 Å². The van der Waals surface area contributed by atoms with Crippen LogP contribution in [0.3, 0.4) is 0 Å². The Balaban J connectivity index is 2.17. The second-order valence-electron chi connectivity index (χ2n) is 7.12. The summed E-state index contributed by atoms with van der Waals surface area (Å²) in [6.07, 6.45) is -0.0828. The zero-order valence-corrected chi connectivity index (χ0v) is 14.6. The van der Waals surface area contributed by atoms with Gasteiger partial charge in [0.25, 0.3) is 0 Å². The molecule has 2 rings (SSSR count). The van der Waals surface area contributed by atoms with E-state index in [-0.39, 0.29) is 23.4 Å². The van der Waals surface area contributed by atoms with Crippen molar-refractivity contribution in [3.63, 3.8) is 0 Å². The summed E-state index contributed by atoms with van der Waals surface area (Å²) in [5.41, 5.74) is 4.34. The van der Waals surface area contributed by atoms with E-state index >= 15 is 0 Å². The van der Waals surface area contributed by atoms with Crippen molar-refractivity contribution in [1.82, 2.24) is 0 Å². The fourth-order valence-electron chi connectivity index (χ4n) is 2.75. The van der Waals surface area contributed by atoms with Gasteiger partial charge in [0, 0.05) is 11.1 Å². The number of ketones is 2. The Morgan fingerprint density at radius 1 is 0.826 bits per heavy atom. The van der Waals surface area contributed by atoms with Crippen LogP contribution in [0.4, 0.5) is 0 Å². The SMILES string of the molecule is Cc1cccc(C)c1C(=O)CC(=O)c1ccc(C(C)(C)C)cc1. The highest BCUT2D eigenvalue weighted by Gasteiger charge is 2.18. The third-order valence-corrected chi connectivity index (χ3v) is 4.15. The van der Waals surface area contributed by atoms with Gasteiger partial charge in [-0.2, -0.15) is 0 Å². The van der Waals surface area contributed by atoms with Crippen LogP contribution < -0.4 is 0 Å². The van der Waals surface area contributed by atoms with Crippen molar-refractivity contribution >= 4 is 11.6 Å². The van der Waals surface area contributed by atoms with Gasteiger partial charge in [0.15, 0.2) is 11.6 Å². The number of hydrogen-bond acceptors (Lipinski definition) is 2. The Hall–Kier alpha value is -2.22. The summed E-state index contributed by atoms with van der Waals surface area (Å²) >= 11 is 0. The molecule has 0 atom stereocenters. The maximum atomic E-state index is 12.5. The molecule has 0 aliphatic rings. The van der Waals surface area contributed by atoms with E-state index < -0.39 is 0 Å². The van der Waals surface area contributed by atoms with E-state index in [0.717, 1.165) is 11.1 Å². The summed E-state index contributed by atoms with van der Waals surface area (Å²) < 4.78 is 0. The number of rotatable bonds is 4. The molecular weight excluding hydrogens is 284 g/mol. The molecule has 0 saturated carbocycles. The molecule has 0 saturated heterocycles. The monoisotopic (exact) mass is 308 g/mol. The summed E-state index contributed by atoms with van der Waals surface area (Å²) in [6.45, 7) is 10.2. The molecule has 0 amide bonds. The molecule has 0 aliphatic carbocycles. The van der Waals surface area contributed by atoms with Crippen LogP contribution >= 0.6 is 0 Å². The van der Waals surface area contributed by atoms with Crippen LogP contribution in [0.2, 0.25) is 0 Å². The van der Waals surface area contributed by atoms with Gasteiger partial charge in [-0.05, 0) is 36.0 Å². The summed E-state index contributed by atoms with van der Waals surface area (Å²) in [6, 6.07) is 13.3. The third kappa shape index (κ3) is 3.95. The molecule has 0 fully saturated rings. The molecule has 2 aromatic carbocycles. The average molecular weight is 308 g/mol. The molecule has 0 bridgehead atoms. The van der Waals surface area contributed by atoms with Crippen LogP contribution in [-0.4, -0.2) is 11.6 Å². The van der Waals surface area contributed by atoms with Crippen molar-refractivity contribution in [2.75, 3.05) is 0 Å². The molecule has 0 aliphatic heterocycles. The van der Waals surface area contributed by atoms with Crippen molar-refractivity contribution in [2.24, 2.45) is 0 Å². The van der Waals surface area contributed by atoms with Gasteiger partial charge in [-0.25, -0.2) is 0 Å². The first-order chi connectivity index (χ1) is 10.7. The van der Waals surface area contributed by atoms with Gasteiger partial charge in [-0.15, -0.1) is 0 Å². The van der Waals surface area contributed by atoms with E-state index in [9.17, 15) is 9.59 Å². The van der Waals surface area contributed by atoms with Crippen molar-refractivity contribution in [3.8, 4) is 0 Å². The third-order valence-electron chi connectivity index (χ3n) is 4.15. The fraction of sp³-hybridized carbons (Fsp3) is 0.333. The summed E-state index contributed by atoms with van der Waals surface area (Å²) in [5, 5.41) is 0. The lowest BCUT2D eigenvalue weighted by Crippen LogP contribution is -2.13. The number of aryl methyl sites for hydroxylation is 2. The molecule has 2 nitrogen and oxygen atoms in total. The smallest absolute Gasteiger partial charge is 0.171 e. The summed E-state index contributed by atoms with van der Waals surface area (Å²) in [5.74, 6) is -0.233. The quantitative estimate of drug-likeness (QED) is 0.584.